The van der Waals surface area contributed by atoms with E-state index in [1.165, 1.54) is 4.90 Å². The molecule has 1 N–H and O–H groups in total. The summed E-state index contributed by atoms with van der Waals surface area (Å²) in [6, 6.07) is 17.5. The molecule has 0 aliphatic carbocycles. The van der Waals surface area contributed by atoms with Crippen LogP contribution in [-0.2, 0) is 26.3 Å². The van der Waals surface area contributed by atoms with Gasteiger partial charge < -0.3 is 5.32 Å². The van der Waals surface area contributed by atoms with Crippen molar-refractivity contribution in [2.24, 2.45) is 11.8 Å². The molecule has 0 saturated carbocycles. The van der Waals surface area contributed by atoms with Crippen molar-refractivity contribution in [3.8, 4) is 0 Å². The zero-order chi connectivity index (χ0) is 20.5. The van der Waals surface area contributed by atoms with Crippen molar-refractivity contribution in [2.45, 2.75) is 30.8 Å². The summed E-state index contributed by atoms with van der Waals surface area (Å²) in [5.41, 5.74) is 1.64. The normalized spacial score (nSPS) is 31.9. The topological polar surface area (TPSA) is 69.7 Å². The summed E-state index contributed by atoms with van der Waals surface area (Å²) in [6.07, 6.45) is 2.42. The third kappa shape index (κ3) is 2.09. The number of carbonyl (C=O) groups excluding carboxylic acids is 3. The molecule has 4 aliphatic heterocycles. The van der Waals surface area contributed by atoms with Gasteiger partial charge in [-0.05, 0) is 37.4 Å². The summed E-state index contributed by atoms with van der Waals surface area (Å²) in [5.74, 6) is -1.54. The van der Waals surface area contributed by atoms with Crippen molar-refractivity contribution >= 4 is 23.4 Å². The molecule has 30 heavy (non-hydrogen) atoms. The van der Waals surface area contributed by atoms with Crippen LogP contribution in [0.25, 0.3) is 0 Å². The number of hydrogen-bond donors (Lipinski definition) is 1. The lowest BCUT2D eigenvalue weighted by Crippen LogP contribution is -2.54. The second-order valence-corrected chi connectivity index (χ2v) is 8.74. The molecule has 152 valence electrons. The number of amides is 3. The molecular formula is C24H23N3O3. The summed E-state index contributed by atoms with van der Waals surface area (Å²) >= 11 is 0. The monoisotopic (exact) mass is 401 g/mol. The average molecular weight is 401 g/mol. The van der Waals surface area contributed by atoms with Gasteiger partial charge in [0.15, 0.2) is 0 Å². The summed E-state index contributed by atoms with van der Waals surface area (Å²) in [6.45, 7) is 1.10. The van der Waals surface area contributed by atoms with Crippen LogP contribution in [0.15, 0.2) is 54.6 Å². The van der Waals surface area contributed by atoms with Crippen molar-refractivity contribution < 1.29 is 14.4 Å². The number of anilines is 1. The van der Waals surface area contributed by atoms with Crippen LogP contribution in [0.3, 0.4) is 0 Å². The Bertz CT molecular complexity index is 1070. The maximum Gasteiger partial charge on any atom is 0.250 e. The van der Waals surface area contributed by atoms with Gasteiger partial charge in [0.25, 0.3) is 0 Å². The fourth-order valence-electron chi connectivity index (χ4n) is 6.32. The number of fused-ring (bicyclic) bond motifs is 7. The highest BCUT2D eigenvalue weighted by Gasteiger charge is 2.74. The highest BCUT2D eigenvalue weighted by atomic mass is 16.2. The van der Waals surface area contributed by atoms with E-state index in [4.69, 9.17) is 0 Å². The Hall–Kier alpha value is -2.99. The number of rotatable bonds is 3. The minimum atomic E-state index is -1.06. The minimum absolute atomic E-state index is 0.0509. The van der Waals surface area contributed by atoms with Crippen molar-refractivity contribution in [3.05, 3.63) is 65.7 Å². The molecule has 0 aromatic heterocycles. The fourth-order valence-corrected chi connectivity index (χ4v) is 6.32. The molecule has 4 atom stereocenters. The van der Waals surface area contributed by atoms with Gasteiger partial charge in [-0.3, -0.25) is 24.2 Å². The predicted octanol–water partition coefficient (Wildman–Crippen LogP) is 2.16. The number of likely N-dealkylation sites (tertiary alicyclic amines) is 1. The van der Waals surface area contributed by atoms with Gasteiger partial charge in [-0.15, -0.1) is 0 Å². The SMILES string of the molecule is O=C1[C@H]2C3CCCN3C3(C(=O)Nc4ccccc43)[C@H]2C(=O)N1CCc1ccccc1. The Morgan fingerprint density at radius 3 is 2.57 bits per heavy atom. The molecule has 0 bridgehead atoms. The van der Waals surface area contributed by atoms with E-state index >= 15 is 0 Å². The highest BCUT2D eigenvalue weighted by molar-refractivity contribution is 6.15. The van der Waals surface area contributed by atoms with Gasteiger partial charge in [0.2, 0.25) is 17.7 Å². The van der Waals surface area contributed by atoms with Crippen molar-refractivity contribution in [3.63, 3.8) is 0 Å². The van der Waals surface area contributed by atoms with Crippen LogP contribution in [0.2, 0.25) is 0 Å². The zero-order valence-electron chi connectivity index (χ0n) is 16.6. The lowest BCUT2D eigenvalue weighted by molar-refractivity contribution is -0.145. The zero-order valence-corrected chi connectivity index (χ0v) is 16.6. The van der Waals surface area contributed by atoms with Crippen LogP contribution in [0.5, 0.6) is 0 Å². The Balaban J connectivity index is 1.42. The first-order valence-corrected chi connectivity index (χ1v) is 10.7. The Labute approximate surface area is 174 Å². The first-order valence-electron chi connectivity index (χ1n) is 10.7. The third-order valence-corrected chi connectivity index (χ3v) is 7.46. The number of hydrogen-bond acceptors (Lipinski definition) is 4. The van der Waals surface area contributed by atoms with Gasteiger partial charge in [-0.1, -0.05) is 48.5 Å². The smallest absolute Gasteiger partial charge is 0.250 e. The number of carbonyl (C=O) groups is 3. The van der Waals surface area contributed by atoms with Crippen LogP contribution >= 0.6 is 0 Å². The van der Waals surface area contributed by atoms with E-state index in [1.54, 1.807) is 0 Å². The van der Waals surface area contributed by atoms with Gasteiger partial charge >= 0.3 is 0 Å². The molecule has 4 aliphatic rings. The van der Waals surface area contributed by atoms with E-state index in [2.05, 4.69) is 10.2 Å². The van der Waals surface area contributed by atoms with Crippen LogP contribution in [-0.4, -0.2) is 46.7 Å². The van der Waals surface area contributed by atoms with Crippen molar-refractivity contribution in [2.75, 3.05) is 18.4 Å². The summed E-state index contributed by atoms with van der Waals surface area (Å²) < 4.78 is 0. The first-order chi connectivity index (χ1) is 14.6. The summed E-state index contributed by atoms with van der Waals surface area (Å²) in [5, 5.41) is 3.00. The predicted molar refractivity (Wildman–Crippen MR) is 110 cm³/mol. The largest absolute Gasteiger partial charge is 0.324 e. The van der Waals surface area contributed by atoms with E-state index in [0.29, 0.717) is 13.0 Å². The standard InChI is InChI=1S/C24H23N3O3/c28-21-19-18-11-6-13-27(18)24(16-9-4-5-10-17(16)25-23(24)30)20(19)22(29)26(21)14-12-15-7-2-1-3-8-15/h1-5,7-10,18-20H,6,11-14H2,(H,25,30)/t18?,19-,20+,24?/m0/s1. The molecular weight excluding hydrogens is 378 g/mol. The maximum atomic E-state index is 13.7. The van der Waals surface area contributed by atoms with Gasteiger partial charge in [0, 0.05) is 23.8 Å². The lowest BCUT2D eigenvalue weighted by atomic mass is 9.75. The van der Waals surface area contributed by atoms with E-state index < -0.39 is 17.4 Å². The molecule has 2 aromatic carbocycles. The van der Waals surface area contributed by atoms with E-state index in [9.17, 15) is 14.4 Å². The Morgan fingerprint density at radius 1 is 0.967 bits per heavy atom. The van der Waals surface area contributed by atoms with Crippen LogP contribution < -0.4 is 5.32 Å². The van der Waals surface area contributed by atoms with E-state index in [1.807, 2.05) is 54.6 Å². The molecule has 1 spiro atoms. The number of nitrogens with one attached hydrogen (secondary N) is 1. The minimum Gasteiger partial charge on any atom is -0.324 e. The molecule has 3 fully saturated rings. The Kier molecular flexibility index (Phi) is 3.72. The van der Waals surface area contributed by atoms with E-state index in [-0.39, 0.29) is 23.8 Å². The van der Waals surface area contributed by atoms with Crippen LogP contribution in [0.1, 0.15) is 24.0 Å². The molecule has 6 rings (SSSR count). The Morgan fingerprint density at radius 2 is 1.73 bits per heavy atom. The van der Waals surface area contributed by atoms with Crippen LogP contribution in [0, 0.1) is 11.8 Å². The highest BCUT2D eigenvalue weighted by Crippen LogP contribution is 2.60. The molecule has 4 heterocycles. The van der Waals surface area contributed by atoms with E-state index in [0.717, 1.165) is 36.2 Å². The molecule has 3 amide bonds. The van der Waals surface area contributed by atoms with Crippen molar-refractivity contribution in [1.29, 1.82) is 0 Å². The van der Waals surface area contributed by atoms with Gasteiger partial charge in [-0.25, -0.2) is 0 Å². The number of benzene rings is 2. The third-order valence-electron chi connectivity index (χ3n) is 7.46. The van der Waals surface area contributed by atoms with Gasteiger partial charge in [0.1, 0.15) is 5.54 Å². The summed E-state index contributed by atoms with van der Waals surface area (Å²) in [7, 11) is 0. The second kappa shape index (κ2) is 6.25. The lowest BCUT2D eigenvalue weighted by Gasteiger charge is -2.36. The molecule has 2 aromatic rings. The van der Waals surface area contributed by atoms with Crippen molar-refractivity contribution in [1.82, 2.24) is 9.80 Å². The molecule has 6 heteroatoms. The molecule has 0 radical (unpaired) electrons. The maximum absolute atomic E-state index is 13.7. The average Bonchev–Trinajstić information content (AvgIpc) is 3.46. The second-order valence-electron chi connectivity index (χ2n) is 8.74. The number of nitrogens with zero attached hydrogens (tertiary/aromatic N) is 2. The molecule has 2 unspecified atom stereocenters. The quantitative estimate of drug-likeness (QED) is 0.801. The van der Waals surface area contributed by atoms with Crippen LogP contribution in [0.4, 0.5) is 5.69 Å². The van der Waals surface area contributed by atoms with Gasteiger partial charge in [0.05, 0.1) is 11.8 Å². The molecule has 6 nitrogen and oxygen atoms in total. The fraction of sp³-hybridized carbons (Fsp3) is 0.375. The number of imide groups is 1. The number of para-hydroxylation sites is 1. The summed E-state index contributed by atoms with van der Waals surface area (Å²) in [4.78, 5) is 44.2. The van der Waals surface area contributed by atoms with Gasteiger partial charge in [-0.2, -0.15) is 0 Å². The first kappa shape index (κ1) is 17.8. The molecule has 3 saturated heterocycles.